The molecule has 3 rings (SSSR count). The quantitative estimate of drug-likeness (QED) is 0.841. The average Bonchev–Trinajstić information content (AvgIpc) is 3.05. The van der Waals surface area contributed by atoms with Gasteiger partial charge in [-0.05, 0) is 59.7 Å². The van der Waals surface area contributed by atoms with Crippen LogP contribution in [0, 0.1) is 6.92 Å². The Morgan fingerprint density at radius 2 is 2.24 bits per heavy atom. The van der Waals surface area contributed by atoms with E-state index >= 15 is 0 Å². The van der Waals surface area contributed by atoms with Gasteiger partial charge < -0.3 is 5.73 Å². The van der Waals surface area contributed by atoms with Gasteiger partial charge in [0.2, 0.25) is 5.16 Å². The van der Waals surface area contributed by atoms with Crippen molar-refractivity contribution in [2.75, 3.05) is 5.73 Å². The van der Waals surface area contributed by atoms with Crippen molar-refractivity contribution in [2.45, 2.75) is 35.9 Å². The molecule has 1 aliphatic rings. The number of hydrogen-bond donors (Lipinski definition) is 1. The lowest BCUT2D eigenvalue weighted by atomic mass is 10.2. The highest BCUT2D eigenvalue weighted by Crippen LogP contribution is 2.38. The van der Waals surface area contributed by atoms with Gasteiger partial charge in [-0.25, -0.2) is 4.68 Å². The molecule has 17 heavy (non-hydrogen) atoms. The van der Waals surface area contributed by atoms with Crippen LogP contribution >= 0.6 is 11.8 Å². The van der Waals surface area contributed by atoms with E-state index in [1.807, 2.05) is 29.8 Å². The maximum Gasteiger partial charge on any atom is 0.214 e. The van der Waals surface area contributed by atoms with Crippen LogP contribution in [-0.4, -0.2) is 20.2 Å². The van der Waals surface area contributed by atoms with Gasteiger partial charge in [0.25, 0.3) is 0 Å². The van der Waals surface area contributed by atoms with E-state index in [1.54, 1.807) is 11.8 Å². The van der Waals surface area contributed by atoms with Gasteiger partial charge in [-0.15, -0.1) is 5.10 Å². The van der Waals surface area contributed by atoms with Crippen molar-refractivity contribution in [3.05, 3.63) is 23.8 Å². The Hall–Kier alpha value is -1.56. The standard InChI is InChI=1S/C11H13N5S/c1-7-2-5-9(6-10(7)12)17-11-13-14-15-16(11)8-3-4-8/h2,5-6,8H,3-4,12H2,1H3. The Morgan fingerprint density at radius 1 is 1.41 bits per heavy atom. The first-order valence-corrected chi connectivity index (χ1v) is 6.37. The number of hydrogen-bond acceptors (Lipinski definition) is 5. The molecule has 0 aliphatic heterocycles. The summed E-state index contributed by atoms with van der Waals surface area (Å²) in [7, 11) is 0. The summed E-state index contributed by atoms with van der Waals surface area (Å²) in [6.45, 7) is 2.00. The van der Waals surface area contributed by atoms with Gasteiger partial charge in [0.05, 0.1) is 6.04 Å². The highest BCUT2D eigenvalue weighted by atomic mass is 32.2. The Kier molecular flexibility index (Phi) is 2.51. The van der Waals surface area contributed by atoms with Crippen LogP contribution in [0.5, 0.6) is 0 Å². The average molecular weight is 247 g/mol. The van der Waals surface area contributed by atoms with E-state index in [9.17, 15) is 0 Å². The molecule has 2 aromatic rings. The molecule has 0 unspecified atom stereocenters. The second kappa shape index (κ2) is 4.03. The molecule has 0 atom stereocenters. The van der Waals surface area contributed by atoms with E-state index in [-0.39, 0.29) is 0 Å². The molecule has 1 aromatic heterocycles. The van der Waals surface area contributed by atoms with Crippen LogP contribution in [0.1, 0.15) is 24.4 Å². The molecular weight excluding hydrogens is 234 g/mol. The van der Waals surface area contributed by atoms with Gasteiger partial charge in [-0.3, -0.25) is 0 Å². The molecule has 0 bridgehead atoms. The molecule has 1 aliphatic carbocycles. The third-order valence-electron chi connectivity index (χ3n) is 2.82. The molecule has 1 fully saturated rings. The highest BCUT2D eigenvalue weighted by molar-refractivity contribution is 7.99. The molecule has 2 N–H and O–H groups in total. The Morgan fingerprint density at radius 3 is 2.94 bits per heavy atom. The van der Waals surface area contributed by atoms with Gasteiger partial charge >= 0.3 is 0 Å². The topological polar surface area (TPSA) is 69.6 Å². The van der Waals surface area contributed by atoms with E-state index in [2.05, 4.69) is 15.5 Å². The van der Waals surface area contributed by atoms with Crippen molar-refractivity contribution in [1.29, 1.82) is 0 Å². The van der Waals surface area contributed by atoms with Gasteiger partial charge in [0.1, 0.15) is 0 Å². The van der Waals surface area contributed by atoms with Crippen molar-refractivity contribution in [2.24, 2.45) is 0 Å². The zero-order valence-electron chi connectivity index (χ0n) is 9.50. The van der Waals surface area contributed by atoms with Gasteiger partial charge in [-0.2, -0.15) is 0 Å². The van der Waals surface area contributed by atoms with Gasteiger partial charge in [0.15, 0.2) is 0 Å². The Bertz CT molecular complexity index is 547. The third-order valence-corrected chi connectivity index (χ3v) is 3.76. The zero-order valence-corrected chi connectivity index (χ0v) is 10.3. The molecule has 0 radical (unpaired) electrons. The van der Waals surface area contributed by atoms with Crippen molar-refractivity contribution in [3.63, 3.8) is 0 Å². The number of anilines is 1. The summed E-state index contributed by atoms with van der Waals surface area (Å²) >= 11 is 1.56. The van der Waals surface area contributed by atoms with Crippen molar-refractivity contribution < 1.29 is 0 Å². The van der Waals surface area contributed by atoms with Crippen LogP contribution in [0.25, 0.3) is 0 Å². The lowest BCUT2D eigenvalue weighted by Gasteiger charge is -2.04. The summed E-state index contributed by atoms with van der Waals surface area (Å²) in [5.41, 5.74) is 7.79. The van der Waals surface area contributed by atoms with Crippen LogP contribution in [-0.2, 0) is 0 Å². The number of nitrogen functional groups attached to an aromatic ring is 1. The van der Waals surface area contributed by atoms with E-state index in [0.717, 1.165) is 21.3 Å². The number of aryl methyl sites for hydroxylation is 1. The normalized spacial score (nSPS) is 15.1. The second-order valence-corrected chi connectivity index (χ2v) is 5.30. The van der Waals surface area contributed by atoms with Gasteiger partial charge in [0, 0.05) is 10.6 Å². The van der Waals surface area contributed by atoms with Crippen molar-refractivity contribution in [3.8, 4) is 0 Å². The Labute approximate surface area is 103 Å². The predicted octanol–water partition coefficient (Wildman–Crippen LogP) is 2.05. The zero-order chi connectivity index (χ0) is 11.8. The number of benzene rings is 1. The first kappa shape index (κ1) is 10.6. The molecule has 1 heterocycles. The summed E-state index contributed by atoms with van der Waals surface area (Å²) in [5, 5.41) is 12.6. The van der Waals surface area contributed by atoms with Crippen LogP contribution in [0.15, 0.2) is 28.3 Å². The first-order chi connectivity index (χ1) is 8.24. The first-order valence-electron chi connectivity index (χ1n) is 5.56. The predicted molar refractivity (Wildman–Crippen MR) is 65.8 cm³/mol. The van der Waals surface area contributed by atoms with E-state index in [4.69, 9.17) is 5.73 Å². The fraction of sp³-hybridized carbons (Fsp3) is 0.364. The van der Waals surface area contributed by atoms with Crippen molar-refractivity contribution in [1.82, 2.24) is 20.2 Å². The molecule has 0 spiro atoms. The fourth-order valence-corrected chi connectivity index (χ4v) is 2.48. The number of nitrogens with two attached hydrogens (primary N) is 1. The van der Waals surface area contributed by atoms with E-state index in [1.165, 1.54) is 12.8 Å². The van der Waals surface area contributed by atoms with Crippen LogP contribution in [0.2, 0.25) is 0 Å². The molecule has 1 aromatic carbocycles. The number of aromatic nitrogens is 4. The summed E-state index contributed by atoms with van der Waals surface area (Å²) in [6, 6.07) is 6.52. The third kappa shape index (κ3) is 2.12. The lowest BCUT2D eigenvalue weighted by molar-refractivity contribution is 0.565. The van der Waals surface area contributed by atoms with Gasteiger partial charge in [-0.1, -0.05) is 6.07 Å². The summed E-state index contributed by atoms with van der Waals surface area (Å²) in [6.07, 6.45) is 2.35. The van der Waals surface area contributed by atoms with Crippen LogP contribution in [0.4, 0.5) is 5.69 Å². The molecular formula is C11H13N5S. The maximum atomic E-state index is 5.89. The minimum Gasteiger partial charge on any atom is -0.398 e. The molecule has 5 nitrogen and oxygen atoms in total. The van der Waals surface area contributed by atoms with Crippen molar-refractivity contribution >= 4 is 17.4 Å². The van der Waals surface area contributed by atoms with E-state index < -0.39 is 0 Å². The molecule has 6 heteroatoms. The monoisotopic (exact) mass is 247 g/mol. The summed E-state index contributed by atoms with van der Waals surface area (Å²) < 4.78 is 1.90. The minimum absolute atomic E-state index is 0.496. The maximum absolute atomic E-state index is 5.89. The minimum atomic E-state index is 0.496. The number of tetrazole rings is 1. The number of nitrogens with zero attached hydrogens (tertiary/aromatic N) is 4. The summed E-state index contributed by atoms with van der Waals surface area (Å²) in [5.74, 6) is 0. The molecule has 88 valence electrons. The largest absolute Gasteiger partial charge is 0.398 e. The molecule has 1 saturated carbocycles. The van der Waals surface area contributed by atoms with E-state index in [0.29, 0.717) is 6.04 Å². The lowest BCUT2D eigenvalue weighted by Crippen LogP contribution is -1.98. The van der Waals surface area contributed by atoms with Crippen LogP contribution < -0.4 is 5.73 Å². The number of rotatable bonds is 3. The smallest absolute Gasteiger partial charge is 0.214 e. The Balaban J connectivity index is 1.85. The van der Waals surface area contributed by atoms with Crippen LogP contribution in [0.3, 0.4) is 0 Å². The summed E-state index contributed by atoms with van der Waals surface area (Å²) in [4.78, 5) is 1.07. The highest BCUT2D eigenvalue weighted by Gasteiger charge is 2.28. The molecule has 0 amide bonds. The second-order valence-electron chi connectivity index (χ2n) is 4.26. The fourth-order valence-electron chi connectivity index (χ4n) is 1.59. The SMILES string of the molecule is Cc1ccc(Sc2nnnn2C2CC2)cc1N. The molecule has 0 saturated heterocycles.